The first kappa shape index (κ1) is 14.6. The molecule has 118 valence electrons. The molecule has 1 N–H and O–H groups in total. The summed E-state index contributed by atoms with van der Waals surface area (Å²) in [6, 6.07) is 16.9. The van der Waals surface area contributed by atoms with Crippen molar-refractivity contribution in [2.45, 2.75) is 6.92 Å². The van der Waals surface area contributed by atoms with Gasteiger partial charge in [0.05, 0.1) is 0 Å². The molecule has 0 radical (unpaired) electrons. The summed E-state index contributed by atoms with van der Waals surface area (Å²) in [7, 11) is 0. The summed E-state index contributed by atoms with van der Waals surface area (Å²) in [5.74, 6) is 0. The van der Waals surface area contributed by atoms with Crippen molar-refractivity contribution in [3.8, 4) is 10.6 Å². The lowest BCUT2D eigenvalue weighted by molar-refractivity contribution is 0.561. The van der Waals surface area contributed by atoms with E-state index in [-0.39, 0.29) is 5.63 Å². The molecule has 0 amide bonds. The van der Waals surface area contributed by atoms with Crippen LogP contribution in [0.25, 0.3) is 21.5 Å². The molecule has 0 saturated carbocycles. The van der Waals surface area contributed by atoms with Gasteiger partial charge >= 0.3 is 5.63 Å². The second-order valence-corrected chi connectivity index (χ2v) is 6.34. The van der Waals surface area contributed by atoms with Crippen molar-refractivity contribution in [2.75, 3.05) is 5.32 Å². The highest BCUT2D eigenvalue weighted by atomic mass is 32.1. The maximum atomic E-state index is 11.3. The molecule has 0 aliphatic heterocycles. The smallest absolute Gasteiger partial charge is 0.336 e. The van der Waals surface area contributed by atoms with Gasteiger partial charge in [0.25, 0.3) is 0 Å². The third kappa shape index (κ3) is 2.79. The summed E-state index contributed by atoms with van der Waals surface area (Å²) < 4.78 is 5.20. The molecule has 0 aliphatic carbocycles. The van der Waals surface area contributed by atoms with E-state index >= 15 is 0 Å². The Bertz CT molecular complexity index is 1070. The van der Waals surface area contributed by atoms with Gasteiger partial charge in [-0.15, -0.1) is 10.2 Å². The van der Waals surface area contributed by atoms with Gasteiger partial charge in [0.1, 0.15) is 10.6 Å². The number of anilines is 2. The molecule has 0 saturated heterocycles. The monoisotopic (exact) mass is 335 g/mol. The predicted molar refractivity (Wildman–Crippen MR) is 95.8 cm³/mol. The largest absolute Gasteiger partial charge is 0.423 e. The Balaban J connectivity index is 1.67. The molecule has 0 unspecified atom stereocenters. The highest BCUT2D eigenvalue weighted by Crippen LogP contribution is 2.30. The number of hydrogen-bond donors (Lipinski definition) is 1. The second kappa shape index (κ2) is 5.90. The van der Waals surface area contributed by atoms with E-state index in [1.807, 2.05) is 49.4 Å². The quantitative estimate of drug-likeness (QED) is 0.563. The van der Waals surface area contributed by atoms with Crippen molar-refractivity contribution in [2.24, 2.45) is 0 Å². The van der Waals surface area contributed by atoms with Crippen LogP contribution in [-0.4, -0.2) is 10.2 Å². The van der Waals surface area contributed by atoms with Crippen LogP contribution < -0.4 is 10.9 Å². The molecule has 0 fully saturated rings. The first-order valence-corrected chi connectivity index (χ1v) is 8.21. The van der Waals surface area contributed by atoms with E-state index in [0.29, 0.717) is 10.7 Å². The van der Waals surface area contributed by atoms with E-state index < -0.39 is 0 Å². The van der Waals surface area contributed by atoms with Crippen LogP contribution in [-0.2, 0) is 0 Å². The van der Waals surface area contributed by atoms with Gasteiger partial charge in [-0.2, -0.15) is 0 Å². The van der Waals surface area contributed by atoms with Crippen LogP contribution in [0.5, 0.6) is 0 Å². The van der Waals surface area contributed by atoms with E-state index in [2.05, 4.69) is 15.5 Å². The average molecular weight is 335 g/mol. The standard InChI is InChI=1S/C18H13N3O2S/c1-11-9-15-13(7-8-16(22)23-15)10-14(11)19-18-21-20-17(24-18)12-5-3-2-4-6-12/h2-10H,1H3,(H,19,21). The van der Waals surface area contributed by atoms with E-state index in [9.17, 15) is 4.79 Å². The topological polar surface area (TPSA) is 68.0 Å². The first-order chi connectivity index (χ1) is 11.7. The van der Waals surface area contributed by atoms with Crippen molar-refractivity contribution in [3.05, 3.63) is 70.6 Å². The summed E-state index contributed by atoms with van der Waals surface area (Å²) in [4.78, 5) is 11.3. The number of fused-ring (bicyclic) bond motifs is 1. The van der Waals surface area contributed by atoms with Crippen LogP contribution in [0.15, 0.2) is 63.8 Å². The fourth-order valence-corrected chi connectivity index (χ4v) is 3.20. The van der Waals surface area contributed by atoms with Crippen LogP contribution in [0, 0.1) is 6.92 Å². The molecule has 2 heterocycles. The zero-order chi connectivity index (χ0) is 16.5. The summed E-state index contributed by atoms with van der Waals surface area (Å²) in [6.07, 6.45) is 0. The molecule has 24 heavy (non-hydrogen) atoms. The van der Waals surface area contributed by atoms with Crippen molar-refractivity contribution in [1.29, 1.82) is 0 Å². The molecule has 5 nitrogen and oxygen atoms in total. The van der Waals surface area contributed by atoms with Gasteiger partial charge in [-0.3, -0.25) is 0 Å². The van der Waals surface area contributed by atoms with Crippen molar-refractivity contribution in [3.63, 3.8) is 0 Å². The van der Waals surface area contributed by atoms with Gasteiger partial charge in [0, 0.05) is 22.7 Å². The molecule has 2 aromatic carbocycles. The number of hydrogen-bond acceptors (Lipinski definition) is 6. The third-order valence-electron chi connectivity index (χ3n) is 3.65. The SMILES string of the molecule is Cc1cc2oc(=O)ccc2cc1Nc1nnc(-c2ccccc2)s1. The second-order valence-electron chi connectivity index (χ2n) is 5.36. The predicted octanol–water partition coefficient (Wildman–Crippen LogP) is 4.36. The molecule has 0 atom stereocenters. The van der Waals surface area contributed by atoms with Crippen molar-refractivity contribution >= 4 is 33.1 Å². The fourth-order valence-electron chi connectivity index (χ4n) is 2.44. The minimum atomic E-state index is -0.348. The molecule has 0 aliphatic rings. The van der Waals surface area contributed by atoms with Gasteiger partial charge in [-0.1, -0.05) is 41.7 Å². The molecule has 0 bridgehead atoms. The lowest BCUT2D eigenvalue weighted by Gasteiger charge is -2.07. The molecule has 4 aromatic rings. The molecule has 4 rings (SSSR count). The van der Waals surface area contributed by atoms with Gasteiger partial charge < -0.3 is 9.73 Å². The Kier molecular flexibility index (Phi) is 3.59. The number of rotatable bonds is 3. The summed E-state index contributed by atoms with van der Waals surface area (Å²) in [6.45, 7) is 1.95. The van der Waals surface area contributed by atoms with Gasteiger partial charge in [0.15, 0.2) is 0 Å². The van der Waals surface area contributed by atoms with Crippen molar-refractivity contribution < 1.29 is 4.42 Å². The van der Waals surface area contributed by atoms with Crippen molar-refractivity contribution in [1.82, 2.24) is 10.2 Å². The van der Waals surface area contributed by atoms with E-state index in [1.165, 1.54) is 17.4 Å². The highest BCUT2D eigenvalue weighted by Gasteiger charge is 2.09. The number of nitrogens with one attached hydrogen (secondary N) is 1. The normalized spacial score (nSPS) is 10.9. The van der Waals surface area contributed by atoms with E-state index in [0.717, 1.165) is 27.2 Å². The zero-order valence-electron chi connectivity index (χ0n) is 12.8. The number of aryl methyl sites for hydroxylation is 1. The van der Waals surface area contributed by atoms with E-state index in [1.54, 1.807) is 6.07 Å². The number of benzene rings is 2. The highest BCUT2D eigenvalue weighted by molar-refractivity contribution is 7.18. The summed E-state index contributed by atoms with van der Waals surface area (Å²) >= 11 is 1.49. The molecule has 0 spiro atoms. The molecular weight excluding hydrogens is 322 g/mol. The minimum Gasteiger partial charge on any atom is -0.423 e. The van der Waals surface area contributed by atoms with Crippen LogP contribution in [0.4, 0.5) is 10.8 Å². The first-order valence-electron chi connectivity index (χ1n) is 7.39. The van der Waals surface area contributed by atoms with Gasteiger partial charge in [-0.05, 0) is 30.7 Å². The minimum absolute atomic E-state index is 0.348. The summed E-state index contributed by atoms with van der Waals surface area (Å²) in [5.41, 5.74) is 3.15. The number of aromatic nitrogens is 2. The van der Waals surface area contributed by atoms with Crippen LogP contribution in [0.3, 0.4) is 0 Å². The zero-order valence-corrected chi connectivity index (χ0v) is 13.6. The number of nitrogens with zero attached hydrogens (tertiary/aromatic N) is 2. The Hall–Kier alpha value is -2.99. The third-order valence-corrected chi connectivity index (χ3v) is 4.54. The lowest BCUT2D eigenvalue weighted by Crippen LogP contribution is -1.97. The Morgan fingerprint density at radius 1 is 1.04 bits per heavy atom. The maximum Gasteiger partial charge on any atom is 0.336 e. The summed E-state index contributed by atoms with van der Waals surface area (Å²) in [5, 5.41) is 14.2. The van der Waals surface area contributed by atoms with Gasteiger partial charge in [-0.25, -0.2) is 4.79 Å². The van der Waals surface area contributed by atoms with Crippen LogP contribution in [0.1, 0.15) is 5.56 Å². The maximum absolute atomic E-state index is 11.3. The molecular formula is C18H13N3O2S. The lowest BCUT2D eigenvalue weighted by atomic mass is 10.1. The van der Waals surface area contributed by atoms with Gasteiger partial charge in [0.2, 0.25) is 5.13 Å². The average Bonchev–Trinajstić information content (AvgIpc) is 3.05. The Morgan fingerprint density at radius 2 is 1.88 bits per heavy atom. The van der Waals surface area contributed by atoms with Crippen LogP contribution in [0.2, 0.25) is 0 Å². The Morgan fingerprint density at radius 3 is 2.71 bits per heavy atom. The molecule has 6 heteroatoms. The van der Waals surface area contributed by atoms with E-state index in [4.69, 9.17) is 4.42 Å². The van der Waals surface area contributed by atoms with Crippen LogP contribution >= 0.6 is 11.3 Å². The Labute approximate surface area is 141 Å². The molecule has 2 aromatic heterocycles. The fraction of sp³-hybridized carbons (Fsp3) is 0.0556.